The van der Waals surface area contributed by atoms with E-state index in [2.05, 4.69) is 12.2 Å². The van der Waals surface area contributed by atoms with Crippen LogP contribution in [0.3, 0.4) is 0 Å². The molecule has 2 N–H and O–H groups in total. The Hall–Kier alpha value is -0.610. The standard InChI is InChI=1S/C10H18N2O2/c1-12(4-5-13)9-2-3-10(12)7-8(6-9)11-14/h9-10,13H,2-7H2,1H3/p+1. The summed E-state index contributed by atoms with van der Waals surface area (Å²) in [5.41, 5.74) is 0.950. The second kappa shape index (κ2) is 3.51. The van der Waals surface area contributed by atoms with Crippen LogP contribution in [0.15, 0.2) is 5.16 Å². The van der Waals surface area contributed by atoms with Crippen LogP contribution in [0.5, 0.6) is 0 Å². The van der Waals surface area contributed by atoms with Crippen molar-refractivity contribution in [2.75, 3.05) is 20.2 Å². The fourth-order valence-electron chi connectivity index (χ4n) is 3.18. The maximum atomic E-state index is 9.07. The number of oxime groups is 1. The number of likely N-dealkylation sites (N-methyl/N-ethyl adjacent to an activating group) is 1. The number of aliphatic hydroxyl groups excluding tert-OH is 1. The summed E-state index contributed by atoms with van der Waals surface area (Å²) in [5.74, 6) is 0. The monoisotopic (exact) mass is 199 g/mol. The average Bonchev–Trinajstić information content (AvgIpc) is 2.42. The molecule has 0 amide bonds. The van der Waals surface area contributed by atoms with Gasteiger partial charge in [0, 0.05) is 25.7 Å². The maximum absolute atomic E-state index is 9.07. The first-order valence-electron chi connectivity index (χ1n) is 5.36. The summed E-state index contributed by atoms with van der Waals surface area (Å²) in [6, 6.07) is 1.12. The minimum Gasteiger partial charge on any atom is -0.411 e. The summed E-state index contributed by atoms with van der Waals surface area (Å²) in [6.45, 7) is 1.10. The lowest BCUT2D eigenvalue weighted by Crippen LogP contribution is -2.58. The Morgan fingerprint density at radius 2 is 1.93 bits per heavy atom. The third kappa shape index (κ3) is 1.33. The zero-order valence-electron chi connectivity index (χ0n) is 8.69. The number of quaternary nitrogens is 1. The molecule has 0 spiro atoms. The summed E-state index contributed by atoms with van der Waals surface area (Å²) in [4.78, 5) is 0. The van der Waals surface area contributed by atoms with Gasteiger partial charge in [-0.05, 0) is 0 Å². The van der Waals surface area contributed by atoms with E-state index in [-0.39, 0.29) is 6.61 Å². The van der Waals surface area contributed by atoms with Crippen molar-refractivity contribution in [1.82, 2.24) is 0 Å². The van der Waals surface area contributed by atoms with Crippen LogP contribution in [0.1, 0.15) is 25.7 Å². The van der Waals surface area contributed by atoms with Crippen molar-refractivity contribution >= 4 is 5.71 Å². The quantitative estimate of drug-likeness (QED) is 0.388. The highest BCUT2D eigenvalue weighted by atomic mass is 16.4. The topological polar surface area (TPSA) is 52.8 Å². The van der Waals surface area contributed by atoms with Crippen molar-refractivity contribution in [2.45, 2.75) is 37.8 Å². The van der Waals surface area contributed by atoms with Gasteiger partial charge in [0.25, 0.3) is 0 Å². The number of hydrogen-bond donors (Lipinski definition) is 2. The Morgan fingerprint density at radius 3 is 2.36 bits per heavy atom. The highest BCUT2D eigenvalue weighted by molar-refractivity contribution is 5.85. The Morgan fingerprint density at radius 1 is 1.36 bits per heavy atom. The van der Waals surface area contributed by atoms with Gasteiger partial charge in [-0.1, -0.05) is 5.16 Å². The van der Waals surface area contributed by atoms with Crippen molar-refractivity contribution in [2.24, 2.45) is 5.16 Å². The molecule has 2 aliphatic heterocycles. The molecule has 2 fully saturated rings. The number of nitrogens with zero attached hydrogens (tertiary/aromatic N) is 2. The van der Waals surface area contributed by atoms with Gasteiger partial charge in [0.1, 0.15) is 6.54 Å². The molecule has 14 heavy (non-hydrogen) atoms. The first-order chi connectivity index (χ1) is 6.70. The molecule has 0 aromatic heterocycles. The van der Waals surface area contributed by atoms with E-state index in [1.807, 2.05) is 0 Å². The van der Waals surface area contributed by atoms with Gasteiger partial charge in [-0.2, -0.15) is 0 Å². The van der Waals surface area contributed by atoms with E-state index in [1.54, 1.807) is 0 Å². The van der Waals surface area contributed by atoms with Gasteiger partial charge in [0.05, 0.1) is 31.4 Å². The highest BCUT2D eigenvalue weighted by Crippen LogP contribution is 2.39. The van der Waals surface area contributed by atoms with Crippen molar-refractivity contribution in [3.05, 3.63) is 0 Å². The van der Waals surface area contributed by atoms with Crippen LogP contribution < -0.4 is 0 Å². The minimum absolute atomic E-state index is 0.259. The molecule has 2 bridgehead atoms. The molecule has 4 heteroatoms. The molecule has 2 aliphatic rings. The second-order valence-electron chi connectivity index (χ2n) is 4.75. The summed E-state index contributed by atoms with van der Waals surface area (Å²) < 4.78 is 0.982. The first-order valence-corrected chi connectivity index (χ1v) is 5.36. The minimum atomic E-state index is 0.259. The van der Waals surface area contributed by atoms with Crippen LogP contribution in [-0.4, -0.2) is 52.8 Å². The summed E-state index contributed by atoms with van der Waals surface area (Å²) >= 11 is 0. The molecule has 0 aromatic rings. The molecule has 4 nitrogen and oxygen atoms in total. The molecule has 80 valence electrons. The van der Waals surface area contributed by atoms with Crippen molar-refractivity contribution in [3.8, 4) is 0 Å². The van der Waals surface area contributed by atoms with Gasteiger partial charge in [-0.15, -0.1) is 0 Å². The van der Waals surface area contributed by atoms with Gasteiger partial charge < -0.3 is 14.8 Å². The van der Waals surface area contributed by atoms with Crippen molar-refractivity contribution in [1.29, 1.82) is 0 Å². The Kier molecular flexibility index (Phi) is 2.49. The molecular weight excluding hydrogens is 180 g/mol. The Balaban J connectivity index is 2.17. The normalized spacial score (nSPS) is 41.4. The molecule has 0 saturated carbocycles. The van der Waals surface area contributed by atoms with Crippen LogP contribution in [0.4, 0.5) is 0 Å². The number of aliphatic hydroxyl groups is 1. The molecule has 2 rings (SSSR count). The first kappa shape index (κ1) is 9.93. The van der Waals surface area contributed by atoms with Crippen LogP contribution in [-0.2, 0) is 0 Å². The van der Waals surface area contributed by atoms with E-state index in [0.29, 0.717) is 12.1 Å². The molecule has 2 saturated heterocycles. The van der Waals surface area contributed by atoms with E-state index in [4.69, 9.17) is 10.3 Å². The Bertz CT molecular complexity index is 237. The number of piperidine rings is 1. The fourth-order valence-corrected chi connectivity index (χ4v) is 3.18. The van der Waals surface area contributed by atoms with Crippen LogP contribution in [0.25, 0.3) is 0 Å². The average molecular weight is 199 g/mol. The molecular formula is C10H19N2O2+. The predicted octanol–water partition coefficient (Wildman–Crippen LogP) is 0.580. The van der Waals surface area contributed by atoms with Gasteiger partial charge in [0.15, 0.2) is 0 Å². The summed E-state index contributed by atoms with van der Waals surface area (Å²) in [6.07, 6.45) is 4.23. The smallest absolute Gasteiger partial charge is 0.102 e. The predicted molar refractivity (Wildman–Crippen MR) is 53.4 cm³/mol. The van der Waals surface area contributed by atoms with E-state index in [9.17, 15) is 0 Å². The second-order valence-corrected chi connectivity index (χ2v) is 4.75. The van der Waals surface area contributed by atoms with Crippen molar-refractivity contribution in [3.63, 3.8) is 0 Å². The van der Waals surface area contributed by atoms with E-state index >= 15 is 0 Å². The van der Waals surface area contributed by atoms with Gasteiger partial charge in [-0.25, -0.2) is 0 Å². The van der Waals surface area contributed by atoms with Crippen molar-refractivity contribution < 1.29 is 14.8 Å². The Labute approximate surface area is 84.4 Å². The van der Waals surface area contributed by atoms with Crippen LogP contribution in [0, 0.1) is 0 Å². The number of rotatable bonds is 2. The fraction of sp³-hybridized carbons (Fsp3) is 0.900. The van der Waals surface area contributed by atoms with E-state index < -0.39 is 0 Å². The zero-order chi connectivity index (χ0) is 10.2. The lowest BCUT2D eigenvalue weighted by molar-refractivity contribution is -0.944. The molecule has 2 unspecified atom stereocenters. The van der Waals surface area contributed by atoms with Crippen LogP contribution >= 0.6 is 0 Å². The van der Waals surface area contributed by atoms with E-state index in [0.717, 1.165) is 29.6 Å². The lowest BCUT2D eigenvalue weighted by Gasteiger charge is -2.44. The van der Waals surface area contributed by atoms with E-state index in [1.165, 1.54) is 12.8 Å². The van der Waals surface area contributed by atoms with Gasteiger partial charge >= 0.3 is 0 Å². The molecule has 0 aromatic carbocycles. The third-order valence-corrected chi connectivity index (χ3v) is 4.17. The number of hydrogen-bond acceptors (Lipinski definition) is 3. The molecule has 2 heterocycles. The molecule has 2 atom stereocenters. The lowest BCUT2D eigenvalue weighted by atomic mass is 9.98. The van der Waals surface area contributed by atoms with Crippen LogP contribution in [0.2, 0.25) is 0 Å². The highest BCUT2D eigenvalue weighted by Gasteiger charge is 2.50. The summed E-state index contributed by atoms with van der Waals surface area (Å²) in [5, 5.41) is 21.2. The van der Waals surface area contributed by atoms with Gasteiger partial charge in [0.2, 0.25) is 0 Å². The largest absolute Gasteiger partial charge is 0.411 e. The summed E-state index contributed by atoms with van der Waals surface area (Å²) in [7, 11) is 2.23. The third-order valence-electron chi connectivity index (χ3n) is 4.17. The SMILES string of the molecule is C[N+]1(CCO)C2CCC1CC(=NO)C2. The zero-order valence-corrected chi connectivity index (χ0v) is 8.69. The van der Waals surface area contributed by atoms with Gasteiger partial charge in [-0.3, -0.25) is 0 Å². The molecule has 0 radical (unpaired) electrons. The number of fused-ring (bicyclic) bond motifs is 2. The molecule has 0 aliphatic carbocycles. The maximum Gasteiger partial charge on any atom is 0.102 e.